The highest BCUT2D eigenvalue weighted by molar-refractivity contribution is 5.92. The van der Waals surface area contributed by atoms with Crippen LogP contribution in [0.15, 0.2) is 48.5 Å². The summed E-state index contributed by atoms with van der Waals surface area (Å²) in [6, 6.07) is 12.8. The quantitative estimate of drug-likeness (QED) is 0.638. The Balaban J connectivity index is 1.88. The second-order valence-corrected chi connectivity index (χ2v) is 8.87. The van der Waals surface area contributed by atoms with Gasteiger partial charge < -0.3 is 9.47 Å². The molecule has 0 N–H and O–H groups in total. The molecule has 32 heavy (non-hydrogen) atoms. The van der Waals surface area contributed by atoms with E-state index in [9.17, 15) is 18.8 Å². The van der Waals surface area contributed by atoms with Gasteiger partial charge in [0.15, 0.2) is 5.78 Å². The lowest BCUT2D eigenvalue weighted by Crippen LogP contribution is -2.45. The zero-order chi connectivity index (χ0) is 23.5. The first-order valence-electron chi connectivity index (χ1n) is 10.5. The van der Waals surface area contributed by atoms with Crippen LogP contribution in [0.4, 0.5) is 9.18 Å². The molecular weight excluding hydrogens is 413 g/mol. The third-order valence-corrected chi connectivity index (χ3v) is 5.40. The molecule has 1 aliphatic heterocycles. The number of carbonyl (C=O) groups is 3. The molecule has 0 aliphatic carbocycles. The Kier molecular flexibility index (Phi) is 6.96. The molecule has 0 bridgehead atoms. The van der Waals surface area contributed by atoms with Crippen molar-refractivity contribution in [2.75, 3.05) is 13.7 Å². The first-order chi connectivity index (χ1) is 15.1. The molecule has 6 nitrogen and oxygen atoms in total. The van der Waals surface area contributed by atoms with Gasteiger partial charge in [0.05, 0.1) is 12.7 Å². The van der Waals surface area contributed by atoms with Crippen molar-refractivity contribution in [2.24, 2.45) is 0 Å². The van der Waals surface area contributed by atoms with Crippen LogP contribution < -0.4 is 0 Å². The fourth-order valence-electron chi connectivity index (χ4n) is 4.01. The Labute approximate surface area is 187 Å². The van der Waals surface area contributed by atoms with Crippen LogP contribution in [0.2, 0.25) is 0 Å². The van der Waals surface area contributed by atoms with Crippen LogP contribution in [0.3, 0.4) is 0 Å². The van der Waals surface area contributed by atoms with Crippen LogP contribution in [0.1, 0.15) is 54.6 Å². The molecule has 0 spiro atoms. The lowest BCUT2D eigenvalue weighted by Gasteiger charge is -2.30. The number of rotatable bonds is 5. The Bertz CT molecular complexity index is 999. The van der Waals surface area contributed by atoms with E-state index in [2.05, 4.69) is 4.74 Å². The van der Waals surface area contributed by atoms with Gasteiger partial charge in [0.2, 0.25) is 0 Å². The number of likely N-dealkylation sites (tertiary alicyclic amines) is 1. The minimum absolute atomic E-state index is 0.0777. The summed E-state index contributed by atoms with van der Waals surface area (Å²) >= 11 is 0. The summed E-state index contributed by atoms with van der Waals surface area (Å²) in [5, 5.41) is 0. The third kappa shape index (κ3) is 5.33. The van der Waals surface area contributed by atoms with Crippen LogP contribution in [-0.2, 0) is 20.7 Å². The molecule has 2 atom stereocenters. The summed E-state index contributed by atoms with van der Waals surface area (Å²) in [5.74, 6) is -1.93. The van der Waals surface area contributed by atoms with Gasteiger partial charge in [0, 0.05) is 18.9 Å². The molecule has 1 saturated heterocycles. The predicted molar refractivity (Wildman–Crippen MR) is 117 cm³/mol. The van der Waals surface area contributed by atoms with E-state index >= 15 is 0 Å². The number of nitrogens with zero attached hydrogens (tertiary/aromatic N) is 1. The summed E-state index contributed by atoms with van der Waals surface area (Å²) in [5.41, 5.74) is 0.497. The molecule has 3 rings (SSSR count). The smallest absolute Gasteiger partial charge is 0.410 e. The van der Waals surface area contributed by atoms with Gasteiger partial charge in [0.25, 0.3) is 0 Å². The van der Waals surface area contributed by atoms with Crippen LogP contribution in [-0.4, -0.2) is 48.0 Å². The number of carbonyl (C=O) groups excluding carboxylic acids is 3. The summed E-state index contributed by atoms with van der Waals surface area (Å²) in [7, 11) is 1.17. The fraction of sp³-hybridized carbons (Fsp3) is 0.400. The van der Waals surface area contributed by atoms with Crippen molar-refractivity contribution < 1.29 is 28.2 Å². The fourth-order valence-corrected chi connectivity index (χ4v) is 4.01. The highest BCUT2D eigenvalue weighted by Gasteiger charge is 2.43. The largest absolute Gasteiger partial charge is 0.465 e. The summed E-state index contributed by atoms with van der Waals surface area (Å²) in [6.07, 6.45) is 0.00236. The van der Waals surface area contributed by atoms with E-state index in [1.54, 1.807) is 20.8 Å². The average molecular weight is 441 g/mol. The molecule has 0 radical (unpaired) electrons. The lowest BCUT2D eigenvalue weighted by molar-refractivity contribution is -0.123. The van der Waals surface area contributed by atoms with Crippen LogP contribution in [0.5, 0.6) is 0 Å². The van der Waals surface area contributed by atoms with Crippen molar-refractivity contribution in [1.29, 1.82) is 0 Å². The maximum absolute atomic E-state index is 14.4. The topological polar surface area (TPSA) is 72.9 Å². The Hall–Kier alpha value is -3.22. The normalized spacial score (nSPS) is 18.3. The molecule has 0 aromatic heterocycles. The van der Waals surface area contributed by atoms with E-state index in [0.29, 0.717) is 18.5 Å². The molecule has 1 fully saturated rings. The molecule has 1 amide bonds. The van der Waals surface area contributed by atoms with E-state index in [1.807, 2.05) is 30.3 Å². The second-order valence-electron chi connectivity index (χ2n) is 8.87. The third-order valence-electron chi connectivity index (χ3n) is 5.40. The molecule has 170 valence electrons. The minimum Gasteiger partial charge on any atom is -0.465 e. The van der Waals surface area contributed by atoms with E-state index < -0.39 is 29.5 Å². The number of Topliss-reactive ketones (excluding diaryl/α,β-unsaturated/α-hetero) is 1. The number of methoxy groups -OCH3 is 1. The van der Waals surface area contributed by atoms with Crippen molar-refractivity contribution in [1.82, 2.24) is 4.90 Å². The summed E-state index contributed by atoms with van der Waals surface area (Å²) in [6.45, 7) is 5.72. The average Bonchev–Trinajstić information content (AvgIpc) is 3.18. The van der Waals surface area contributed by atoms with Gasteiger partial charge in [-0.15, -0.1) is 0 Å². The molecule has 0 unspecified atom stereocenters. The van der Waals surface area contributed by atoms with E-state index in [4.69, 9.17) is 4.74 Å². The number of esters is 1. The maximum atomic E-state index is 14.4. The van der Waals surface area contributed by atoms with Gasteiger partial charge in [-0.1, -0.05) is 36.4 Å². The maximum Gasteiger partial charge on any atom is 0.410 e. The Morgan fingerprint density at radius 3 is 2.38 bits per heavy atom. The number of hydrogen-bond acceptors (Lipinski definition) is 5. The lowest BCUT2D eigenvalue weighted by atomic mass is 9.87. The highest BCUT2D eigenvalue weighted by atomic mass is 19.1. The monoisotopic (exact) mass is 441 g/mol. The van der Waals surface area contributed by atoms with Gasteiger partial charge in [-0.25, -0.2) is 14.0 Å². The molecule has 2 aromatic carbocycles. The number of hydrogen-bond donors (Lipinski definition) is 0. The van der Waals surface area contributed by atoms with E-state index in [-0.39, 0.29) is 23.7 Å². The van der Waals surface area contributed by atoms with Gasteiger partial charge in [0.1, 0.15) is 17.5 Å². The predicted octanol–water partition coefficient (Wildman–Crippen LogP) is 4.52. The number of benzene rings is 2. The van der Waals surface area contributed by atoms with Crippen molar-refractivity contribution in [2.45, 2.75) is 51.2 Å². The molecule has 2 aromatic rings. The standard InChI is InChI=1S/C25H28FNO5/c1-25(2,3)32-24(30)27-13-12-18(17-8-6-5-7-9-17)22(27)21(28)15-16-10-11-19(20(26)14-16)23(29)31-4/h5-11,14,18,22H,12-13,15H2,1-4H3/t18-,22-/m0/s1. The molecular formula is C25H28FNO5. The van der Waals surface area contributed by atoms with Gasteiger partial charge in [-0.05, 0) is 50.5 Å². The molecule has 1 aliphatic rings. The molecule has 0 saturated carbocycles. The van der Waals surface area contributed by atoms with Crippen molar-refractivity contribution >= 4 is 17.8 Å². The molecule has 7 heteroatoms. The van der Waals surface area contributed by atoms with Crippen LogP contribution in [0.25, 0.3) is 0 Å². The second kappa shape index (κ2) is 9.51. The summed E-state index contributed by atoms with van der Waals surface area (Å²) in [4.78, 5) is 39.4. The van der Waals surface area contributed by atoms with Gasteiger partial charge in [-0.3, -0.25) is 9.69 Å². The highest BCUT2D eigenvalue weighted by Crippen LogP contribution is 2.35. The van der Waals surface area contributed by atoms with Crippen LogP contribution >= 0.6 is 0 Å². The summed E-state index contributed by atoms with van der Waals surface area (Å²) < 4.78 is 24.4. The first-order valence-corrected chi connectivity index (χ1v) is 10.5. The Morgan fingerprint density at radius 1 is 1.09 bits per heavy atom. The first kappa shape index (κ1) is 23.4. The van der Waals surface area contributed by atoms with Gasteiger partial charge in [-0.2, -0.15) is 0 Å². The zero-order valence-corrected chi connectivity index (χ0v) is 18.8. The van der Waals surface area contributed by atoms with Crippen molar-refractivity contribution in [3.8, 4) is 0 Å². The van der Waals surface area contributed by atoms with Crippen molar-refractivity contribution in [3.05, 3.63) is 71.0 Å². The number of ether oxygens (including phenoxy) is 2. The number of amides is 1. The molecule has 1 heterocycles. The van der Waals surface area contributed by atoms with Crippen molar-refractivity contribution in [3.63, 3.8) is 0 Å². The number of ketones is 1. The van der Waals surface area contributed by atoms with E-state index in [0.717, 1.165) is 11.6 Å². The van der Waals surface area contributed by atoms with Crippen LogP contribution in [0, 0.1) is 5.82 Å². The zero-order valence-electron chi connectivity index (χ0n) is 18.8. The SMILES string of the molecule is COC(=O)c1ccc(CC(=O)[C@@H]2[C@H](c3ccccc3)CCN2C(=O)OC(C)(C)C)cc1F. The van der Waals surface area contributed by atoms with E-state index in [1.165, 1.54) is 24.1 Å². The minimum atomic E-state index is -0.781. The number of halogens is 1. The van der Waals surface area contributed by atoms with Gasteiger partial charge >= 0.3 is 12.1 Å². The Morgan fingerprint density at radius 2 is 1.78 bits per heavy atom.